The molecule has 0 N–H and O–H groups in total. The third kappa shape index (κ3) is 3.28. The molecule has 3 aromatic rings. The largest absolute Gasteiger partial charge is 0.497 e. The molecule has 8 heteroatoms. The van der Waals surface area contributed by atoms with Crippen molar-refractivity contribution >= 4 is 44.7 Å². The molecule has 1 aliphatic heterocycles. The molecule has 0 radical (unpaired) electrons. The number of imide groups is 1. The molecule has 3 amide bonds. The van der Waals surface area contributed by atoms with E-state index in [4.69, 9.17) is 9.26 Å². The van der Waals surface area contributed by atoms with Gasteiger partial charge in [0.1, 0.15) is 5.75 Å². The molecule has 4 rings (SSSR count). The van der Waals surface area contributed by atoms with Gasteiger partial charge in [-0.2, -0.15) is 0 Å². The van der Waals surface area contributed by atoms with Crippen LogP contribution in [0, 0.1) is 0 Å². The second-order valence-electron chi connectivity index (χ2n) is 6.16. The van der Waals surface area contributed by atoms with Gasteiger partial charge in [0, 0.05) is 17.4 Å². The molecule has 0 bridgehead atoms. The lowest BCUT2D eigenvalue weighted by atomic mass is 10.1. The van der Waals surface area contributed by atoms with E-state index in [0.29, 0.717) is 11.4 Å². The number of carbonyl (C=O) groups is 2. The van der Waals surface area contributed by atoms with Crippen LogP contribution in [0.2, 0.25) is 0 Å². The molecule has 138 valence electrons. The summed E-state index contributed by atoms with van der Waals surface area (Å²) < 4.78 is 11.3. The normalized spacial score (nSPS) is 14.9. The lowest BCUT2D eigenvalue weighted by Crippen LogP contribution is -2.52. The maximum atomic E-state index is 13.0. The van der Waals surface area contributed by atoms with Crippen molar-refractivity contribution in [3.63, 3.8) is 0 Å². The lowest BCUT2D eigenvalue weighted by molar-refractivity contribution is -0.129. The van der Waals surface area contributed by atoms with E-state index < -0.39 is 6.03 Å². The molecule has 0 saturated carbocycles. The van der Waals surface area contributed by atoms with Crippen LogP contribution in [0.5, 0.6) is 5.75 Å². The van der Waals surface area contributed by atoms with E-state index in [9.17, 15) is 9.59 Å². The van der Waals surface area contributed by atoms with Crippen molar-refractivity contribution < 1.29 is 18.8 Å². The number of halogens is 1. The van der Waals surface area contributed by atoms with Crippen molar-refractivity contribution in [3.8, 4) is 5.75 Å². The first-order chi connectivity index (χ1) is 13.1. The molecule has 2 heterocycles. The molecule has 0 atom stereocenters. The summed E-state index contributed by atoms with van der Waals surface area (Å²) in [6.07, 6.45) is 0.229. The van der Waals surface area contributed by atoms with Crippen LogP contribution in [0.3, 0.4) is 0 Å². The van der Waals surface area contributed by atoms with Crippen molar-refractivity contribution in [2.45, 2.75) is 13.0 Å². The van der Waals surface area contributed by atoms with Crippen LogP contribution in [-0.2, 0) is 11.3 Å². The third-order valence-electron chi connectivity index (χ3n) is 4.48. The highest BCUT2D eigenvalue weighted by Crippen LogP contribution is 2.31. The molecule has 1 saturated heterocycles. The highest BCUT2D eigenvalue weighted by molar-refractivity contribution is 9.10. The van der Waals surface area contributed by atoms with Gasteiger partial charge in [-0.25, -0.2) is 4.79 Å². The zero-order valence-corrected chi connectivity index (χ0v) is 16.1. The van der Waals surface area contributed by atoms with Crippen LogP contribution in [0.1, 0.15) is 12.0 Å². The van der Waals surface area contributed by atoms with Crippen molar-refractivity contribution in [2.24, 2.45) is 0 Å². The quantitative estimate of drug-likeness (QED) is 0.627. The maximum absolute atomic E-state index is 13.0. The molecular formula is C19H16BrN3O4. The Bertz CT molecular complexity index is 1020. The van der Waals surface area contributed by atoms with Crippen molar-refractivity contribution in [1.29, 1.82) is 0 Å². The van der Waals surface area contributed by atoms with Gasteiger partial charge in [-0.15, -0.1) is 0 Å². The average Bonchev–Trinajstić information content (AvgIpc) is 3.08. The topological polar surface area (TPSA) is 75.9 Å². The van der Waals surface area contributed by atoms with Crippen molar-refractivity contribution in [3.05, 3.63) is 52.5 Å². The Kier molecular flexibility index (Phi) is 4.57. The second-order valence-corrected chi connectivity index (χ2v) is 7.07. The van der Waals surface area contributed by atoms with Crippen molar-refractivity contribution in [1.82, 2.24) is 10.1 Å². The Morgan fingerprint density at radius 3 is 2.70 bits per heavy atom. The van der Waals surface area contributed by atoms with E-state index >= 15 is 0 Å². The Hall–Kier alpha value is -2.87. The number of hydrogen-bond donors (Lipinski definition) is 0. The number of methoxy groups -OCH3 is 1. The van der Waals surface area contributed by atoms with Gasteiger partial charge in [-0.3, -0.25) is 14.6 Å². The van der Waals surface area contributed by atoms with E-state index in [1.807, 2.05) is 24.3 Å². The number of urea groups is 1. The van der Waals surface area contributed by atoms with E-state index in [0.717, 1.165) is 21.2 Å². The smallest absolute Gasteiger partial charge is 0.332 e. The molecule has 1 aromatic heterocycles. The number of benzene rings is 2. The van der Waals surface area contributed by atoms with Crippen LogP contribution in [0.15, 0.2) is 51.5 Å². The molecular weight excluding hydrogens is 414 g/mol. The molecule has 0 unspecified atom stereocenters. The average molecular weight is 430 g/mol. The number of ether oxygens (including phenoxy) is 1. The van der Waals surface area contributed by atoms with Crippen molar-refractivity contribution in [2.75, 3.05) is 18.6 Å². The number of fused-ring (bicyclic) bond motifs is 1. The maximum Gasteiger partial charge on any atom is 0.332 e. The molecule has 1 aliphatic rings. The number of hydrogen-bond acceptors (Lipinski definition) is 5. The number of carbonyl (C=O) groups excluding carboxylic acids is 2. The van der Waals surface area contributed by atoms with Gasteiger partial charge >= 0.3 is 6.03 Å². The van der Waals surface area contributed by atoms with Crippen LogP contribution < -0.4 is 9.64 Å². The summed E-state index contributed by atoms with van der Waals surface area (Å²) in [5.74, 6) is 0.939. The summed E-state index contributed by atoms with van der Waals surface area (Å²) in [7, 11) is 1.59. The minimum absolute atomic E-state index is 0.194. The van der Waals surface area contributed by atoms with Crippen LogP contribution in [0.4, 0.5) is 10.6 Å². The van der Waals surface area contributed by atoms with Crippen LogP contribution in [-0.4, -0.2) is 35.6 Å². The minimum Gasteiger partial charge on any atom is -0.497 e. The van der Waals surface area contributed by atoms with Gasteiger partial charge in [-0.1, -0.05) is 33.2 Å². The number of nitrogens with zero attached hydrogens (tertiary/aromatic N) is 3. The van der Waals surface area contributed by atoms with Gasteiger partial charge < -0.3 is 9.26 Å². The van der Waals surface area contributed by atoms with E-state index in [1.54, 1.807) is 25.3 Å². The molecule has 7 nitrogen and oxygen atoms in total. The summed E-state index contributed by atoms with van der Waals surface area (Å²) >= 11 is 3.38. The fourth-order valence-electron chi connectivity index (χ4n) is 3.05. The summed E-state index contributed by atoms with van der Waals surface area (Å²) in [6, 6.07) is 12.4. The molecule has 0 aliphatic carbocycles. The number of anilines is 1. The van der Waals surface area contributed by atoms with Gasteiger partial charge in [-0.05, 0) is 35.9 Å². The predicted molar refractivity (Wildman–Crippen MR) is 103 cm³/mol. The van der Waals surface area contributed by atoms with Gasteiger partial charge in [0.25, 0.3) is 0 Å². The first kappa shape index (κ1) is 17.5. The number of amides is 3. The van der Waals surface area contributed by atoms with E-state index in [2.05, 4.69) is 21.1 Å². The Balaban J connectivity index is 1.61. The Morgan fingerprint density at radius 1 is 1.19 bits per heavy atom. The fourth-order valence-corrected chi connectivity index (χ4v) is 3.39. The standard InChI is InChI=1S/C19H16BrN3O4/c1-26-14-5-2-12(3-6-14)11-23-17(24)8-9-22(19(23)25)18-15-7-4-13(20)10-16(15)27-21-18/h2-7,10H,8-9,11H2,1H3. The molecule has 2 aromatic carbocycles. The number of rotatable bonds is 4. The van der Waals surface area contributed by atoms with E-state index in [1.165, 1.54) is 9.80 Å². The highest BCUT2D eigenvalue weighted by atomic mass is 79.9. The summed E-state index contributed by atoms with van der Waals surface area (Å²) in [6.45, 7) is 0.466. The summed E-state index contributed by atoms with van der Waals surface area (Å²) in [5, 5.41) is 4.78. The van der Waals surface area contributed by atoms with Gasteiger partial charge in [0.15, 0.2) is 11.4 Å². The Labute approximate surface area is 163 Å². The zero-order valence-electron chi connectivity index (χ0n) is 14.5. The first-order valence-corrected chi connectivity index (χ1v) is 9.16. The van der Waals surface area contributed by atoms with Gasteiger partial charge in [0.05, 0.1) is 19.0 Å². The summed E-state index contributed by atoms with van der Waals surface area (Å²) in [5.41, 5.74) is 1.42. The fraction of sp³-hybridized carbons (Fsp3) is 0.211. The monoisotopic (exact) mass is 429 g/mol. The van der Waals surface area contributed by atoms with Gasteiger partial charge in [0.2, 0.25) is 5.91 Å². The molecule has 0 spiro atoms. The summed E-state index contributed by atoms with van der Waals surface area (Å²) in [4.78, 5) is 28.1. The van der Waals surface area contributed by atoms with Crippen LogP contribution in [0.25, 0.3) is 11.0 Å². The van der Waals surface area contributed by atoms with E-state index in [-0.39, 0.29) is 25.4 Å². The SMILES string of the molecule is COc1ccc(CN2C(=O)CCN(c3noc4cc(Br)ccc34)C2=O)cc1. The predicted octanol–water partition coefficient (Wildman–Crippen LogP) is 3.96. The minimum atomic E-state index is -0.403. The number of aromatic nitrogens is 1. The lowest BCUT2D eigenvalue weighted by Gasteiger charge is -2.32. The van der Waals surface area contributed by atoms with Crippen LogP contribution >= 0.6 is 15.9 Å². The first-order valence-electron chi connectivity index (χ1n) is 8.36. The zero-order chi connectivity index (χ0) is 19.0. The highest BCUT2D eigenvalue weighted by Gasteiger charge is 2.35. The molecule has 27 heavy (non-hydrogen) atoms. The Morgan fingerprint density at radius 2 is 1.96 bits per heavy atom. The molecule has 1 fully saturated rings. The third-order valence-corrected chi connectivity index (χ3v) is 4.98. The second kappa shape index (κ2) is 7.03.